The van der Waals surface area contributed by atoms with Crippen LogP contribution in [0.4, 0.5) is 0 Å². The molecular weight excluding hydrogens is 180 g/mol. The van der Waals surface area contributed by atoms with Crippen LogP contribution in [0, 0.1) is 11.8 Å². The Bertz CT molecular complexity index is 247. The minimum absolute atomic E-state index is 0.910. The molecule has 2 aliphatic carbocycles. The normalized spacial score (nSPS) is 33.0. The second-order valence-corrected chi connectivity index (χ2v) is 5.28. The summed E-state index contributed by atoms with van der Waals surface area (Å²) in [4.78, 5) is 0. The molecule has 84 valence electrons. The lowest BCUT2D eigenvalue weighted by Gasteiger charge is -2.16. The van der Waals surface area contributed by atoms with Crippen molar-refractivity contribution in [1.82, 2.24) is 0 Å². The van der Waals surface area contributed by atoms with Crippen LogP contribution in [0.3, 0.4) is 0 Å². The summed E-state index contributed by atoms with van der Waals surface area (Å²) in [6.07, 6.45) is 18.3. The summed E-state index contributed by atoms with van der Waals surface area (Å²) in [5.74, 6) is 1.85. The van der Waals surface area contributed by atoms with E-state index >= 15 is 0 Å². The van der Waals surface area contributed by atoms with E-state index in [9.17, 15) is 0 Å². The van der Waals surface area contributed by atoms with Gasteiger partial charge in [0.25, 0.3) is 0 Å². The Balaban J connectivity index is 2.04. The van der Waals surface area contributed by atoms with Gasteiger partial charge in [0.2, 0.25) is 0 Å². The average Bonchev–Trinajstić information content (AvgIpc) is 2.56. The van der Waals surface area contributed by atoms with E-state index < -0.39 is 0 Å². The minimum atomic E-state index is 0.910. The Kier molecular flexibility index (Phi) is 4.05. The van der Waals surface area contributed by atoms with Gasteiger partial charge in [0.05, 0.1) is 0 Å². The number of hydrogen-bond donors (Lipinski definition) is 0. The molecule has 0 heteroatoms. The number of hydrogen-bond acceptors (Lipinski definition) is 0. The summed E-state index contributed by atoms with van der Waals surface area (Å²) >= 11 is 0. The fourth-order valence-corrected chi connectivity index (χ4v) is 3.09. The predicted molar refractivity (Wildman–Crippen MR) is 66.8 cm³/mol. The first-order chi connectivity index (χ1) is 7.38. The Hall–Kier alpha value is -0.520. The first-order valence-electron chi connectivity index (χ1n) is 6.73. The maximum Gasteiger partial charge on any atom is -0.0174 e. The second-order valence-electron chi connectivity index (χ2n) is 5.28. The van der Waals surface area contributed by atoms with E-state index in [1.807, 2.05) is 0 Å². The van der Waals surface area contributed by atoms with E-state index in [2.05, 4.69) is 25.2 Å². The molecule has 1 saturated carbocycles. The van der Waals surface area contributed by atoms with Crippen LogP contribution in [0.15, 0.2) is 23.8 Å². The highest BCUT2D eigenvalue weighted by atomic mass is 14.3. The lowest BCUT2D eigenvalue weighted by Crippen LogP contribution is -2.05. The van der Waals surface area contributed by atoms with Crippen molar-refractivity contribution in [1.29, 1.82) is 0 Å². The first-order valence-corrected chi connectivity index (χ1v) is 6.73. The lowest BCUT2D eigenvalue weighted by atomic mass is 9.89. The molecule has 0 N–H and O–H groups in total. The summed E-state index contributed by atoms with van der Waals surface area (Å²) in [5, 5.41) is 0. The standard InChI is InChI=1S/C15H24/c1-13-11-12-14-9-7-5-3-2-4-6-8-10-15(13)14/h5,7,9,13,15H,2-4,6,8,10-12H2,1H3. The van der Waals surface area contributed by atoms with Crippen molar-refractivity contribution < 1.29 is 0 Å². The Labute approximate surface area is 94.5 Å². The van der Waals surface area contributed by atoms with Gasteiger partial charge in [-0.15, -0.1) is 0 Å². The molecule has 0 amide bonds. The lowest BCUT2D eigenvalue weighted by molar-refractivity contribution is 0.412. The van der Waals surface area contributed by atoms with Gasteiger partial charge in [-0.25, -0.2) is 0 Å². The van der Waals surface area contributed by atoms with Crippen LogP contribution in [0.2, 0.25) is 0 Å². The zero-order valence-corrected chi connectivity index (χ0v) is 10.0. The van der Waals surface area contributed by atoms with Gasteiger partial charge in [-0.3, -0.25) is 0 Å². The summed E-state index contributed by atoms with van der Waals surface area (Å²) in [6.45, 7) is 2.44. The van der Waals surface area contributed by atoms with Crippen LogP contribution >= 0.6 is 0 Å². The van der Waals surface area contributed by atoms with Crippen molar-refractivity contribution in [3.05, 3.63) is 23.8 Å². The third kappa shape index (κ3) is 2.96. The summed E-state index contributed by atoms with van der Waals surface area (Å²) in [6, 6.07) is 0. The molecular formula is C15H24. The average molecular weight is 204 g/mol. The molecule has 2 aliphatic rings. The first kappa shape index (κ1) is 11.0. The van der Waals surface area contributed by atoms with Gasteiger partial charge in [-0.2, -0.15) is 0 Å². The molecule has 2 atom stereocenters. The molecule has 0 aromatic carbocycles. The molecule has 0 aromatic rings. The predicted octanol–water partition coefficient (Wildman–Crippen LogP) is 4.87. The highest BCUT2D eigenvalue weighted by Crippen LogP contribution is 2.39. The fraction of sp³-hybridized carbons (Fsp3) is 0.733. The van der Waals surface area contributed by atoms with Crippen molar-refractivity contribution in [2.45, 2.75) is 58.3 Å². The Morgan fingerprint density at radius 1 is 1.07 bits per heavy atom. The highest BCUT2D eigenvalue weighted by molar-refractivity contribution is 5.19. The molecule has 0 heterocycles. The van der Waals surface area contributed by atoms with Gasteiger partial charge >= 0.3 is 0 Å². The van der Waals surface area contributed by atoms with E-state index in [0.29, 0.717) is 0 Å². The number of fused-ring (bicyclic) bond motifs is 1. The van der Waals surface area contributed by atoms with Crippen molar-refractivity contribution in [3.63, 3.8) is 0 Å². The van der Waals surface area contributed by atoms with Gasteiger partial charge in [0.1, 0.15) is 0 Å². The van der Waals surface area contributed by atoms with Crippen LogP contribution in [0.5, 0.6) is 0 Å². The van der Waals surface area contributed by atoms with Crippen LogP contribution in [0.25, 0.3) is 0 Å². The molecule has 0 radical (unpaired) electrons. The molecule has 2 rings (SSSR count). The minimum Gasteiger partial charge on any atom is -0.0845 e. The highest BCUT2D eigenvalue weighted by Gasteiger charge is 2.26. The Morgan fingerprint density at radius 2 is 1.93 bits per heavy atom. The molecule has 1 fully saturated rings. The van der Waals surface area contributed by atoms with Crippen LogP contribution < -0.4 is 0 Å². The molecule has 15 heavy (non-hydrogen) atoms. The SMILES string of the molecule is CC1CCC2=CC=CCCCCCCC21. The fourth-order valence-electron chi connectivity index (χ4n) is 3.09. The van der Waals surface area contributed by atoms with E-state index in [1.54, 1.807) is 5.57 Å². The smallest absolute Gasteiger partial charge is 0.0174 e. The van der Waals surface area contributed by atoms with E-state index in [1.165, 1.54) is 51.4 Å². The van der Waals surface area contributed by atoms with Crippen LogP contribution in [-0.2, 0) is 0 Å². The molecule has 0 bridgehead atoms. The zero-order chi connectivity index (χ0) is 10.5. The van der Waals surface area contributed by atoms with Gasteiger partial charge in [0.15, 0.2) is 0 Å². The van der Waals surface area contributed by atoms with Crippen LogP contribution in [-0.4, -0.2) is 0 Å². The zero-order valence-electron chi connectivity index (χ0n) is 10.0. The number of allylic oxidation sites excluding steroid dienone is 4. The molecule has 0 saturated heterocycles. The van der Waals surface area contributed by atoms with Gasteiger partial charge in [-0.1, -0.05) is 50.0 Å². The monoisotopic (exact) mass is 204 g/mol. The van der Waals surface area contributed by atoms with Gasteiger partial charge < -0.3 is 0 Å². The van der Waals surface area contributed by atoms with Crippen molar-refractivity contribution in [2.24, 2.45) is 11.8 Å². The quantitative estimate of drug-likeness (QED) is 0.528. The summed E-state index contributed by atoms with van der Waals surface area (Å²) < 4.78 is 0. The maximum atomic E-state index is 2.44. The molecule has 0 aliphatic heterocycles. The second kappa shape index (κ2) is 5.53. The number of rotatable bonds is 0. The van der Waals surface area contributed by atoms with E-state index in [0.717, 1.165) is 11.8 Å². The third-order valence-corrected chi connectivity index (χ3v) is 4.13. The molecule has 0 nitrogen and oxygen atoms in total. The van der Waals surface area contributed by atoms with Crippen molar-refractivity contribution in [2.75, 3.05) is 0 Å². The summed E-state index contributed by atoms with van der Waals surface area (Å²) in [5.41, 5.74) is 1.74. The van der Waals surface area contributed by atoms with Crippen molar-refractivity contribution in [3.8, 4) is 0 Å². The maximum absolute atomic E-state index is 2.44. The molecule has 0 spiro atoms. The van der Waals surface area contributed by atoms with Crippen LogP contribution in [0.1, 0.15) is 58.3 Å². The topological polar surface area (TPSA) is 0 Å². The third-order valence-electron chi connectivity index (χ3n) is 4.13. The summed E-state index contributed by atoms with van der Waals surface area (Å²) in [7, 11) is 0. The van der Waals surface area contributed by atoms with Gasteiger partial charge in [-0.05, 0) is 43.9 Å². The van der Waals surface area contributed by atoms with Gasteiger partial charge in [0, 0.05) is 0 Å². The van der Waals surface area contributed by atoms with E-state index in [-0.39, 0.29) is 0 Å². The largest absolute Gasteiger partial charge is 0.0845 e. The molecule has 2 unspecified atom stereocenters. The molecule has 0 aromatic heterocycles. The van der Waals surface area contributed by atoms with Crippen molar-refractivity contribution >= 4 is 0 Å². The van der Waals surface area contributed by atoms with E-state index in [4.69, 9.17) is 0 Å². The Morgan fingerprint density at radius 3 is 2.87 bits per heavy atom.